The molecule has 0 aromatic heterocycles. The quantitative estimate of drug-likeness (QED) is 0.0770. The minimum absolute atomic E-state index is 0.0656. The molecule has 6 aliphatic carbocycles. The zero-order chi connectivity index (χ0) is 37.4. The van der Waals surface area contributed by atoms with E-state index in [9.17, 15) is 9.59 Å². The molecule has 0 aliphatic heterocycles. The molecule has 2 aromatic carbocycles. The second-order valence-corrected chi connectivity index (χ2v) is 16.4. The third-order valence-electron chi connectivity index (χ3n) is 13.6. The van der Waals surface area contributed by atoms with E-state index in [2.05, 4.69) is 45.5 Å². The monoisotopic (exact) mass is 730 g/mol. The van der Waals surface area contributed by atoms with Gasteiger partial charge in [0.05, 0.1) is 11.2 Å². The molecular formula is C42H63BN4O6. The van der Waals surface area contributed by atoms with Crippen molar-refractivity contribution in [3.63, 3.8) is 0 Å². The molecule has 2 amide bonds. The van der Waals surface area contributed by atoms with Crippen LogP contribution in [0.4, 0.5) is 0 Å². The Hall–Kier alpha value is -2.80. The van der Waals surface area contributed by atoms with Crippen molar-refractivity contribution in [1.29, 1.82) is 0 Å². The predicted molar refractivity (Wildman–Crippen MR) is 209 cm³/mol. The van der Waals surface area contributed by atoms with E-state index in [1.54, 1.807) is 0 Å². The van der Waals surface area contributed by atoms with Gasteiger partial charge >= 0.3 is 7.69 Å². The first-order valence-corrected chi connectivity index (χ1v) is 20.2. The van der Waals surface area contributed by atoms with Crippen LogP contribution in [0.3, 0.4) is 0 Å². The highest BCUT2D eigenvalue weighted by Crippen LogP contribution is 2.56. The summed E-state index contributed by atoms with van der Waals surface area (Å²) in [4.78, 5) is 26.9. The van der Waals surface area contributed by atoms with Crippen molar-refractivity contribution in [1.82, 2.24) is 21.3 Å². The molecule has 11 heteroatoms. The van der Waals surface area contributed by atoms with E-state index in [4.69, 9.17) is 18.8 Å². The lowest BCUT2D eigenvalue weighted by Crippen LogP contribution is -2.49. The zero-order valence-corrected chi connectivity index (χ0v) is 32.7. The highest BCUT2D eigenvalue weighted by Gasteiger charge is 2.50. The van der Waals surface area contributed by atoms with Crippen molar-refractivity contribution in [2.45, 2.75) is 137 Å². The maximum absolute atomic E-state index is 13.4. The summed E-state index contributed by atoms with van der Waals surface area (Å²) in [6.07, 6.45) is 15.2. The van der Waals surface area contributed by atoms with Gasteiger partial charge in [0.1, 0.15) is 12.5 Å². The Balaban J connectivity index is 1.02. The average Bonchev–Trinajstić information content (AvgIpc) is 3.22. The van der Waals surface area contributed by atoms with E-state index in [0.29, 0.717) is 24.0 Å². The van der Waals surface area contributed by atoms with Crippen molar-refractivity contribution in [3.8, 4) is 0 Å². The standard InChI is InChI=1S/C42H63BN4O6/c1-44-29-5-7-35(46-37(48)31-9-13-33(14-10-31)39-17-23-41(50-3,24-18-39)25-19-39)52-43-53-36(8-6-30-45-2)47-38(49)32-11-15-34(16-12-32)40-20-26-42(51-4,27-21-40)28-22-40/h9-16,35-36,43-45H,5-8,17-30H2,1-4H3,(H,46,48)(H,47,49). The summed E-state index contributed by atoms with van der Waals surface area (Å²) in [6.45, 7) is 1.60. The van der Waals surface area contributed by atoms with Crippen LogP contribution in [0.2, 0.25) is 0 Å². The Morgan fingerprint density at radius 1 is 0.585 bits per heavy atom. The lowest BCUT2D eigenvalue weighted by molar-refractivity contribution is -0.0956. The molecule has 0 saturated heterocycles. The molecule has 6 saturated carbocycles. The molecule has 0 spiro atoms. The average molecular weight is 731 g/mol. The van der Waals surface area contributed by atoms with Crippen LogP contribution < -0.4 is 21.3 Å². The first kappa shape index (κ1) is 39.9. The molecule has 4 bridgehead atoms. The Morgan fingerprint density at radius 3 is 1.23 bits per heavy atom. The van der Waals surface area contributed by atoms with Gasteiger partial charge < -0.3 is 40.0 Å². The van der Waals surface area contributed by atoms with E-state index >= 15 is 0 Å². The number of hydrogen-bond donors (Lipinski definition) is 4. The van der Waals surface area contributed by atoms with Gasteiger partial charge in [0.2, 0.25) is 0 Å². The summed E-state index contributed by atoms with van der Waals surface area (Å²) in [5.74, 6) is -0.342. The van der Waals surface area contributed by atoms with Gasteiger partial charge in [0, 0.05) is 25.3 Å². The maximum Gasteiger partial charge on any atom is 0.441 e. The van der Waals surface area contributed by atoms with Gasteiger partial charge in [-0.3, -0.25) is 9.59 Å². The van der Waals surface area contributed by atoms with Crippen LogP contribution in [-0.4, -0.2) is 84.6 Å². The van der Waals surface area contributed by atoms with Crippen LogP contribution in [0.25, 0.3) is 0 Å². The molecule has 4 N–H and O–H groups in total. The highest BCUT2D eigenvalue weighted by atomic mass is 16.6. The van der Waals surface area contributed by atoms with E-state index in [0.717, 1.165) is 103 Å². The smallest absolute Gasteiger partial charge is 0.393 e. The Kier molecular flexibility index (Phi) is 13.4. The number of hydrogen-bond acceptors (Lipinski definition) is 8. The summed E-state index contributed by atoms with van der Waals surface area (Å²) in [7, 11) is 7.47. The first-order chi connectivity index (χ1) is 25.7. The summed E-state index contributed by atoms with van der Waals surface area (Å²) in [5, 5.41) is 12.5. The third kappa shape index (κ3) is 9.19. The van der Waals surface area contributed by atoms with Gasteiger partial charge in [0.15, 0.2) is 0 Å². The lowest BCUT2D eigenvalue weighted by Gasteiger charge is -2.53. The number of ether oxygens (including phenoxy) is 2. The second kappa shape index (κ2) is 17.8. The largest absolute Gasteiger partial charge is 0.441 e. The topological polar surface area (TPSA) is 119 Å². The number of methoxy groups -OCH3 is 2. The van der Waals surface area contributed by atoms with Gasteiger partial charge in [0.25, 0.3) is 11.8 Å². The Labute approximate surface area is 317 Å². The van der Waals surface area contributed by atoms with E-state index in [1.165, 1.54) is 11.1 Å². The molecule has 2 unspecified atom stereocenters. The third-order valence-corrected chi connectivity index (χ3v) is 13.6. The van der Waals surface area contributed by atoms with Gasteiger partial charge in [-0.05, 0) is 176 Å². The van der Waals surface area contributed by atoms with Crippen LogP contribution in [0.5, 0.6) is 0 Å². The number of fused-ring (bicyclic) bond motifs is 6. The van der Waals surface area contributed by atoms with Crippen molar-refractivity contribution >= 4 is 19.5 Å². The Morgan fingerprint density at radius 2 is 0.925 bits per heavy atom. The van der Waals surface area contributed by atoms with E-state index < -0.39 is 12.5 Å². The summed E-state index contributed by atoms with van der Waals surface area (Å²) < 4.78 is 24.1. The molecule has 290 valence electrons. The zero-order valence-electron chi connectivity index (χ0n) is 32.7. The molecule has 8 rings (SSSR count). The molecule has 10 nitrogen and oxygen atoms in total. The molecule has 6 aliphatic rings. The summed E-state index contributed by atoms with van der Waals surface area (Å²) in [5.41, 5.74) is 4.41. The number of rotatable bonds is 20. The van der Waals surface area contributed by atoms with Gasteiger partial charge in [-0.15, -0.1) is 0 Å². The fourth-order valence-corrected chi connectivity index (χ4v) is 9.72. The van der Waals surface area contributed by atoms with Crippen LogP contribution in [-0.2, 0) is 29.6 Å². The predicted octanol–water partition coefficient (Wildman–Crippen LogP) is 5.78. The van der Waals surface area contributed by atoms with Crippen LogP contribution in [0.15, 0.2) is 48.5 Å². The van der Waals surface area contributed by atoms with Crippen molar-refractivity contribution in [2.75, 3.05) is 41.4 Å². The molecule has 0 radical (unpaired) electrons. The number of carbonyl (C=O) groups is 2. The maximum atomic E-state index is 13.4. The van der Waals surface area contributed by atoms with Crippen LogP contribution in [0.1, 0.15) is 135 Å². The number of amides is 2. The fraction of sp³-hybridized carbons (Fsp3) is 0.667. The summed E-state index contributed by atoms with van der Waals surface area (Å²) >= 11 is 0. The molecule has 2 atom stereocenters. The SMILES string of the molecule is CNCCCC(NC(=O)c1ccc(C23CCC(OC)(CC2)CC3)cc1)OBOC(CCCNC)NC(=O)c1ccc(C23CCC(OC)(CC2)CC3)cc1. The first-order valence-electron chi connectivity index (χ1n) is 20.2. The van der Waals surface area contributed by atoms with Gasteiger partial charge in [-0.1, -0.05) is 24.3 Å². The van der Waals surface area contributed by atoms with Crippen molar-refractivity contribution in [3.05, 3.63) is 70.8 Å². The highest BCUT2D eigenvalue weighted by molar-refractivity contribution is 6.18. The second-order valence-electron chi connectivity index (χ2n) is 16.4. The molecule has 2 aromatic rings. The number of carbonyl (C=O) groups excluding carboxylic acids is 2. The number of nitrogens with one attached hydrogen (secondary N) is 4. The Bertz CT molecular complexity index is 1340. The minimum Gasteiger partial charge on any atom is -0.393 e. The van der Waals surface area contributed by atoms with E-state index in [-0.39, 0.29) is 41.5 Å². The molecule has 6 fully saturated rings. The van der Waals surface area contributed by atoms with E-state index in [1.807, 2.05) is 52.6 Å². The van der Waals surface area contributed by atoms with Crippen molar-refractivity contribution in [2.24, 2.45) is 0 Å². The van der Waals surface area contributed by atoms with Crippen molar-refractivity contribution < 1.29 is 28.4 Å². The molecular weight excluding hydrogens is 667 g/mol. The van der Waals surface area contributed by atoms with Gasteiger partial charge in [-0.25, -0.2) is 0 Å². The summed E-state index contributed by atoms with van der Waals surface area (Å²) in [6, 6.07) is 16.4. The van der Waals surface area contributed by atoms with Crippen LogP contribution in [0, 0.1) is 0 Å². The van der Waals surface area contributed by atoms with Gasteiger partial charge in [-0.2, -0.15) is 0 Å². The normalized spacial score (nSPS) is 28.7. The minimum atomic E-state index is -0.540. The fourth-order valence-electron chi connectivity index (χ4n) is 9.72. The molecule has 0 heterocycles. The number of benzene rings is 2. The van der Waals surface area contributed by atoms with Crippen LogP contribution >= 0.6 is 0 Å². The molecule has 53 heavy (non-hydrogen) atoms. The lowest BCUT2D eigenvalue weighted by atomic mass is 9.56.